The summed E-state index contributed by atoms with van der Waals surface area (Å²) in [4.78, 5) is 13.2. The summed E-state index contributed by atoms with van der Waals surface area (Å²) in [5.41, 5.74) is 0. The number of unbranched alkanes of at least 4 members (excludes halogenated alkanes) is 37. The van der Waals surface area contributed by atoms with E-state index in [4.69, 9.17) is 18.9 Å². The molecule has 4 unspecified atom stereocenters. The molecule has 9 N–H and O–H groups in total. The molecule has 2 heterocycles. The fourth-order valence-electron chi connectivity index (χ4n) is 10.5. The highest BCUT2D eigenvalue weighted by Gasteiger charge is 2.51. The number of hydrogen-bond donors (Lipinski definition) is 9. The minimum Gasteiger partial charge on any atom is -0.394 e. The maximum absolute atomic E-state index is 13.2. The Morgan fingerprint density at radius 3 is 1.24 bits per heavy atom. The Morgan fingerprint density at radius 1 is 0.473 bits per heavy atom. The third-order valence-electron chi connectivity index (χ3n) is 15.5. The first kappa shape index (κ1) is 68.8. The number of amides is 1. The zero-order valence-corrected chi connectivity index (χ0v) is 47.1. The fraction of sp³-hybridized carbons (Fsp3) is 0.950. The molecule has 0 saturated carbocycles. The number of rotatable bonds is 50. The number of carbonyl (C=O) groups excluding carboxylic acids is 1. The van der Waals surface area contributed by atoms with Gasteiger partial charge in [0.05, 0.1) is 32.0 Å². The standard InChI is InChI=1S/C60H115NO13/c1-3-5-7-9-11-13-14-15-16-17-18-19-20-21-22-23-24-25-26-27-28-29-30-31-32-33-34-36-38-40-42-44-52(65)61-48(49(64)43-41-39-37-35-12-10-8-6-4-2)47-71-59-57(70)55(68)58(51(46-63)73-59)74-60-56(69)54(67)53(66)50(45-62)72-60/h41,43,48-51,53-60,62-64,66-70H,3-40,42,44-47H2,1-2H3,(H,61,65)/b43-41+/t48-,49+,50+,51+,53-,54?,55?,56?,57?,58+,59+,60-/m0/s1. The number of aliphatic hydroxyl groups excluding tert-OH is 8. The van der Waals surface area contributed by atoms with Gasteiger partial charge in [0.2, 0.25) is 5.91 Å². The zero-order chi connectivity index (χ0) is 53.9. The van der Waals surface area contributed by atoms with Crippen LogP contribution in [0.15, 0.2) is 12.2 Å². The number of carbonyl (C=O) groups is 1. The Morgan fingerprint density at radius 2 is 0.838 bits per heavy atom. The molecule has 2 aliphatic heterocycles. The summed E-state index contributed by atoms with van der Waals surface area (Å²) in [6.07, 6.45) is 37.3. The predicted octanol–water partition coefficient (Wildman–Crippen LogP) is 10.7. The van der Waals surface area contributed by atoms with Crippen LogP contribution < -0.4 is 5.32 Å². The van der Waals surface area contributed by atoms with E-state index in [2.05, 4.69) is 19.2 Å². The molecular weight excluding hydrogens is 943 g/mol. The second kappa shape index (κ2) is 46.6. The van der Waals surface area contributed by atoms with Crippen molar-refractivity contribution in [1.29, 1.82) is 0 Å². The summed E-state index contributed by atoms with van der Waals surface area (Å²) in [5, 5.41) is 86.8. The monoisotopic (exact) mass is 1060 g/mol. The number of aliphatic hydroxyl groups is 8. The molecule has 2 rings (SSSR count). The van der Waals surface area contributed by atoms with Crippen molar-refractivity contribution in [1.82, 2.24) is 5.32 Å². The van der Waals surface area contributed by atoms with Gasteiger partial charge >= 0.3 is 0 Å². The van der Waals surface area contributed by atoms with Gasteiger partial charge < -0.3 is 65.1 Å². The minimum absolute atomic E-state index is 0.236. The van der Waals surface area contributed by atoms with Crippen molar-refractivity contribution in [3.63, 3.8) is 0 Å². The molecule has 2 fully saturated rings. The smallest absolute Gasteiger partial charge is 0.220 e. The molecule has 438 valence electrons. The predicted molar refractivity (Wildman–Crippen MR) is 295 cm³/mol. The van der Waals surface area contributed by atoms with Crippen LogP contribution in [0.1, 0.15) is 271 Å². The van der Waals surface area contributed by atoms with Crippen molar-refractivity contribution in [2.45, 2.75) is 344 Å². The van der Waals surface area contributed by atoms with E-state index in [1.165, 1.54) is 205 Å². The molecule has 0 aromatic carbocycles. The normalized spacial score (nSPS) is 25.2. The molecule has 1 amide bonds. The van der Waals surface area contributed by atoms with Crippen LogP contribution in [-0.2, 0) is 23.7 Å². The summed E-state index contributed by atoms with van der Waals surface area (Å²) in [6, 6.07) is -0.908. The van der Waals surface area contributed by atoms with Crippen LogP contribution >= 0.6 is 0 Å². The molecule has 0 bridgehead atoms. The molecule has 14 heteroatoms. The number of allylic oxidation sites excluding steroid dienone is 1. The lowest BCUT2D eigenvalue weighted by molar-refractivity contribution is -0.359. The van der Waals surface area contributed by atoms with Crippen molar-refractivity contribution >= 4 is 5.91 Å². The van der Waals surface area contributed by atoms with Crippen LogP contribution in [0.4, 0.5) is 0 Å². The van der Waals surface area contributed by atoms with Crippen LogP contribution in [0.2, 0.25) is 0 Å². The second-order valence-corrected chi connectivity index (χ2v) is 22.2. The summed E-state index contributed by atoms with van der Waals surface area (Å²) in [7, 11) is 0. The molecule has 14 nitrogen and oxygen atoms in total. The Hall–Kier alpha value is -1.27. The lowest BCUT2D eigenvalue weighted by Crippen LogP contribution is -2.65. The molecule has 12 atom stereocenters. The lowest BCUT2D eigenvalue weighted by Gasteiger charge is -2.46. The summed E-state index contributed by atoms with van der Waals surface area (Å²) < 4.78 is 22.7. The second-order valence-electron chi connectivity index (χ2n) is 22.2. The quantitative estimate of drug-likeness (QED) is 0.0204. The van der Waals surface area contributed by atoms with Gasteiger partial charge in [0.25, 0.3) is 0 Å². The minimum atomic E-state index is -1.78. The molecule has 0 spiro atoms. The Labute approximate surface area is 450 Å². The first-order valence-corrected chi connectivity index (χ1v) is 30.9. The van der Waals surface area contributed by atoms with Gasteiger partial charge in [-0.1, -0.05) is 257 Å². The summed E-state index contributed by atoms with van der Waals surface area (Å²) in [6.45, 7) is 2.78. The SMILES string of the molecule is CCCCCCCCC/C=C/[C@@H](O)[C@H](CO[C@@H]1O[C@H](CO)[C@@H](O[C@@H]2O[C@H](CO)[C@H](O)C(O)C2O)C(O)C1O)NC(=O)CCCCCCCCCCCCCCCCCCCCCCCCCCCCCCCCC. The van der Waals surface area contributed by atoms with Crippen molar-refractivity contribution in [2.75, 3.05) is 19.8 Å². The maximum atomic E-state index is 13.2. The van der Waals surface area contributed by atoms with Gasteiger partial charge in [-0.25, -0.2) is 0 Å². The molecule has 0 radical (unpaired) electrons. The zero-order valence-electron chi connectivity index (χ0n) is 47.1. The average molecular weight is 1060 g/mol. The van der Waals surface area contributed by atoms with Gasteiger partial charge in [0, 0.05) is 6.42 Å². The Bertz CT molecular complexity index is 1290. The van der Waals surface area contributed by atoms with Gasteiger partial charge in [-0.15, -0.1) is 0 Å². The third kappa shape index (κ3) is 32.0. The maximum Gasteiger partial charge on any atom is 0.220 e. The molecule has 2 saturated heterocycles. The van der Waals surface area contributed by atoms with Crippen LogP contribution in [0, 0.1) is 0 Å². The van der Waals surface area contributed by atoms with Gasteiger partial charge in [0.15, 0.2) is 12.6 Å². The van der Waals surface area contributed by atoms with Gasteiger partial charge in [-0.2, -0.15) is 0 Å². The van der Waals surface area contributed by atoms with Crippen LogP contribution in [0.3, 0.4) is 0 Å². The first-order chi connectivity index (χ1) is 36.1. The highest BCUT2D eigenvalue weighted by atomic mass is 16.7. The number of nitrogens with one attached hydrogen (secondary N) is 1. The average Bonchev–Trinajstić information content (AvgIpc) is 3.40. The molecular formula is C60H115NO13. The van der Waals surface area contributed by atoms with E-state index in [0.29, 0.717) is 6.42 Å². The highest BCUT2D eigenvalue weighted by molar-refractivity contribution is 5.76. The van der Waals surface area contributed by atoms with E-state index in [1.807, 2.05) is 6.08 Å². The van der Waals surface area contributed by atoms with E-state index in [1.54, 1.807) is 6.08 Å². The topological polar surface area (TPSA) is 228 Å². The molecule has 0 aromatic rings. The van der Waals surface area contributed by atoms with Crippen molar-refractivity contribution in [2.24, 2.45) is 0 Å². The van der Waals surface area contributed by atoms with Crippen LogP contribution in [0.25, 0.3) is 0 Å². The van der Waals surface area contributed by atoms with Crippen molar-refractivity contribution in [3.05, 3.63) is 12.2 Å². The van der Waals surface area contributed by atoms with Crippen LogP contribution in [0.5, 0.6) is 0 Å². The van der Waals surface area contributed by atoms with E-state index >= 15 is 0 Å². The molecule has 0 aromatic heterocycles. The largest absolute Gasteiger partial charge is 0.394 e. The van der Waals surface area contributed by atoms with E-state index in [-0.39, 0.29) is 18.9 Å². The Kier molecular flexibility index (Phi) is 43.4. The third-order valence-corrected chi connectivity index (χ3v) is 15.5. The van der Waals surface area contributed by atoms with E-state index < -0.39 is 86.8 Å². The molecule has 0 aliphatic carbocycles. The Balaban J connectivity index is 1.59. The van der Waals surface area contributed by atoms with Crippen molar-refractivity contribution in [3.8, 4) is 0 Å². The number of hydrogen-bond acceptors (Lipinski definition) is 13. The first-order valence-electron chi connectivity index (χ1n) is 30.9. The molecule has 74 heavy (non-hydrogen) atoms. The van der Waals surface area contributed by atoms with Gasteiger partial charge in [-0.3, -0.25) is 4.79 Å². The van der Waals surface area contributed by atoms with E-state index in [9.17, 15) is 45.6 Å². The van der Waals surface area contributed by atoms with Crippen molar-refractivity contribution < 1.29 is 64.6 Å². The summed E-state index contributed by atoms with van der Waals surface area (Å²) >= 11 is 0. The van der Waals surface area contributed by atoms with Gasteiger partial charge in [0.1, 0.15) is 48.8 Å². The highest BCUT2D eigenvalue weighted by Crippen LogP contribution is 2.30. The molecule has 2 aliphatic rings. The lowest BCUT2D eigenvalue weighted by atomic mass is 9.97. The van der Waals surface area contributed by atoms with Crippen LogP contribution in [-0.4, -0.2) is 140 Å². The number of ether oxygens (including phenoxy) is 4. The summed E-state index contributed by atoms with van der Waals surface area (Å²) in [5.74, 6) is -0.236. The fourth-order valence-corrected chi connectivity index (χ4v) is 10.5. The van der Waals surface area contributed by atoms with E-state index in [0.717, 1.165) is 38.5 Å². The van der Waals surface area contributed by atoms with Gasteiger partial charge in [-0.05, 0) is 19.3 Å².